The van der Waals surface area contributed by atoms with Crippen molar-refractivity contribution in [3.05, 3.63) is 47.3 Å². The van der Waals surface area contributed by atoms with E-state index < -0.39 is 6.10 Å². The van der Waals surface area contributed by atoms with Gasteiger partial charge in [0.05, 0.1) is 5.69 Å². The van der Waals surface area contributed by atoms with Crippen molar-refractivity contribution in [2.24, 2.45) is 0 Å². The van der Waals surface area contributed by atoms with Crippen LogP contribution in [0.4, 0.5) is 0 Å². The SMILES string of the molecule is Cc1cc(C)n(CC(=O)NNC(=O)[C@H]2Cc3ccccc3O2)n1. The molecule has 0 radical (unpaired) electrons. The summed E-state index contributed by atoms with van der Waals surface area (Å²) in [4.78, 5) is 24.0. The van der Waals surface area contributed by atoms with Gasteiger partial charge in [-0.2, -0.15) is 5.10 Å². The predicted octanol–water partition coefficient (Wildman–Crippen LogP) is 0.651. The van der Waals surface area contributed by atoms with Crippen LogP contribution in [-0.4, -0.2) is 27.7 Å². The van der Waals surface area contributed by atoms with Gasteiger partial charge in [0.15, 0.2) is 6.10 Å². The van der Waals surface area contributed by atoms with E-state index in [2.05, 4.69) is 16.0 Å². The Morgan fingerprint density at radius 3 is 2.78 bits per heavy atom. The molecule has 0 spiro atoms. The maximum Gasteiger partial charge on any atom is 0.279 e. The Kier molecular flexibility index (Phi) is 4.01. The maximum atomic E-state index is 12.1. The lowest BCUT2D eigenvalue weighted by Gasteiger charge is -2.12. The number of hydrogen-bond donors (Lipinski definition) is 2. The summed E-state index contributed by atoms with van der Waals surface area (Å²) in [6.07, 6.45) is -0.128. The van der Waals surface area contributed by atoms with Gasteiger partial charge in [0.2, 0.25) is 0 Å². The number of hydrazine groups is 1. The number of benzene rings is 1. The number of aromatic nitrogens is 2. The second-order valence-electron chi connectivity index (χ2n) is 5.54. The molecule has 23 heavy (non-hydrogen) atoms. The van der Waals surface area contributed by atoms with Gasteiger partial charge in [-0.1, -0.05) is 18.2 Å². The van der Waals surface area contributed by atoms with Crippen LogP contribution in [0.1, 0.15) is 17.0 Å². The Hall–Kier alpha value is -2.83. The van der Waals surface area contributed by atoms with Crippen molar-refractivity contribution >= 4 is 11.8 Å². The smallest absolute Gasteiger partial charge is 0.279 e. The van der Waals surface area contributed by atoms with Crippen molar-refractivity contribution in [1.29, 1.82) is 0 Å². The normalized spacial score (nSPS) is 15.7. The summed E-state index contributed by atoms with van der Waals surface area (Å²) in [6, 6.07) is 9.39. The van der Waals surface area contributed by atoms with Crippen LogP contribution in [0.3, 0.4) is 0 Å². The number of hydrogen-bond acceptors (Lipinski definition) is 4. The van der Waals surface area contributed by atoms with Crippen molar-refractivity contribution in [3.8, 4) is 5.75 Å². The molecule has 0 bridgehead atoms. The lowest BCUT2D eigenvalue weighted by molar-refractivity contribution is -0.133. The summed E-state index contributed by atoms with van der Waals surface area (Å²) in [5.41, 5.74) is 7.51. The highest BCUT2D eigenvalue weighted by molar-refractivity contribution is 5.85. The minimum Gasteiger partial charge on any atom is -0.480 e. The topological polar surface area (TPSA) is 85.2 Å². The number of rotatable bonds is 3. The van der Waals surface area contributed by atoms with E-state index in [4.69, 9.17) is 4.74 Å². The van der Waals surface area contributed by atoms with Crippen LogP contribution in [0.25, 0.3) is 0 Å². The van der Waals surface area contributed by atoms with Gasteiger partial charge in [-0.25, -0.2) is 0 Å². The fraction of sp³-hybridized carbons (Fsp3) is 0.312. The summed E-state index contributed by atoms with van der Waals surface area (Å²) >= 11 is 0. The Labute approximate surface area is 133 Å². The molecule has 1 aliphatic rings. The van der Waals surface area contributed by atoms with Crippen molar-refractivity contribution in [2.45, 2.75) is 32.9 Å². The molecule has 1 aromatic heterocycles. The van der Waals surface area contributed by atoms with E-state index in [-0.39, 0.29) is 18.4 Å². The third-order valence-electron chi connectivity index (χ3n) is 3.66. The molecule has 2 N–H and O–H groups in total. The van der Waals surface area contributed by atoms with Crippen LogP contribution in [0.15, 0.2) is 30.3 Å². The molecule has 1 aromatic carbocycles. The molecule has 2 aromatic rings. The van der Waals surface area contributed by atoms with Crippen LogP contribution < -0.4 is 15.6 Å². The van der Waals surface area contributed by atoms with Gasteiger partial charge >= 0.3 is 0 Å². The van der Waals surface area contributed by atoms with Crippen molar-refractivity contribution in [1.82, 2.24) is 20.6 Å². The van der Waals surface area contributed by atoms with E-state index in [1.54, 1.807) is 4.68 Å². The van der Waals surface area contributed by atoms with Crippen LogP contribution in [0.2, 0.25) is 0 Å². The number of aryl methyl sites for hydroxylation is 2. The molecule has 0 saturated carbocycles. The molecule has 0 saturated heterocycles. The van der Waals surface area contributed by atoms with Crippen LogP contribution in [-0.2, 0) is 22.6 Å². The highest BCUT2D eigenvalue weighted by atomic mass is 16.5. The van der Waals surface area contributed by atoms with Gasteiger partial charge in [0.25, 0.3) is 11.8 Å². The van der Waals surface area contributed by atoms with E-state index in [0.29, 0.717) is 12.2 Å². The van der Waals surface area contributed by atoms with Gasteiger partial charge in [0, 0.05) is 12.1 Å². The van der Waals surface area contributed by atoms with E-state index in [0.717, 1.165) is 17.0 Å². The highest BCUT2D eigenvalue weighted by Crippen LogP contribution is 2.27. The molecular weight excluding hydrogens is 296 g/mol. The summed E-state index contributed by atoms with van der Waals surface area (Å²) in [6.45, 7) is 3.78. The number of amides is 2. The fourth-order valence-corrected chi connectivity index (χ4v) is 2.55. The Bertz CT molecular complexity index is 729. The molecule has 3 rings (SSSR count). The standard InChI is InChI=1S/C16H18N4O3/c1-10-7-11(2)20(19-10)9-15(21)17-18-16(22)14-8-12-5-3-4-6-13(12)23-14/h3-7,14H,8-9H2,1-2H3,(H,17,21)(H,18,22)/t14-/m1/s1. The van der Waals surface area contributed by atoms with Gasteiger partial charge in [-0.3, -0.25) is 25.1 Å². The summed E-state index contributed by atoms with van der Waals surface area (Å²) < 4.78 is 7.14. The number of carbonyl (C=O) groups is 2. The number of fused-ring (bicyclic) bond motifs is 1. The highest BCUT2D eigenvalue weighted by Gasteiger charge is 2.28. The molecule has 0 fully saturated rings. The zero-order valence-corrected chi connectivity index (χ0v) is 13.0. The quantitative estimate of drug-likeness (QED) is 0.815. The van der Waals surface area contributed by atoms with Crippen LogP contribution in [0.5, 0.6) is 5.75 Å². The zero-order valence-electron chi connectivity index (χ0n) is 13.0. The minimum atomic E-state index is -0.624. The fourth-order valence-electron chi connectivity index (χ4n) is 2.55. The third-order valence-corrected chi connectivity index (χ3v) is 3.66. The van der Waals surface area contributed by atoms with Gasteiger partial charge in [-0.05, 0) is 31.5 Å². The average molecular weight is 314 g/mol. The van der Waals surface area contributed by atoms with Crippen molar-refractivity contribution in [3.63, 3.8) is 0 Å². The lowest BCUT2D eigenvalue weighted by atomic mass is 10.1. The number of carbonyl (C=O) groups excluding carboxylic acids is 2. The van der Waals surface area contributed by atoms with Crippen LogP contribution in [0, 0.1) is 13.8 Å². The zero-order chi connectivity index (χ0) is 16.4. The van der Waals surface area contributed by atoms with Gasteiger partial charge in [-0.15, -0.1) is 0 Å². The molecular formula is C16H18N4O3. The Morgan fingerprint density at radius 2 is 2.09 bits per heavy atom. The summed E-state index contributed by atoms with van der Waals surface area (Å²) in [7, 11) is 0. The number of nitrogens with one attached hydrogen (secondary N) is 2. The number of ether oxygens (including phenoxy) is 1. The first-order valence-corrected chi connectivity index (χ1v) is 7.37. The second kappa shape index (κ2) is 6.12. The van der Waals surface area contributed by atoms with Crippen LogP contribution >= 0.6 is 0 Å². The average Bonchev–Trinajstić information content (AvgIpc) is 3.08. The van der Waals surface area contributed by atoms with E-state index >= 15 is 0 Å². The first-order chi connectivity index (χ1) is 11.0. The largest absolute Gasteiger partial charge is 0.480 e. The number of para-hydroxylation sites is 1. The third kappa shape index (κ3) is 3.33. The molecule has 120 valence electrons. The van der Waals surface area contributed by atoms with Gasteiger partial charge in [0.1, 0.15) is 12.3 Å². The second-order valence-corrected chi connectivity index (χ2v) is 5.54. The first-order valence-electron chi connectivity index (χ1n) is 7.37. The molecule has 1 atom stereocenters. The molecule has 2 amide bonds. The molecule has 0 aliphatic carbocycles. The molecule has 2 heterocycles. The molecule has 0 unspecified atom stereocenters. The summed E-state index contributed by atoms with van der Waals surface area (Å²) in [5, 5.41) is 4.20. The van der Waals surface area contributed by atoms with E-state index in [9.17, 15) is 9.59 Å². The Morgan fingerprint density at radius 1 is 1.30 bits per heavy atom. The molecule has 1 aliphatic heterocycles. The van der Waals surface area contributed by atoms with E-state index in [1.165, 1.54) is 0 Å². The van der Waals surface area contributed by atoms with Crippen molar-refractivity contribution < 1.29 is 14.3 Å². The lowest BCUT2D eigenvalue weighted by Crippen LogP contribution is -2.48. The summed E-state index contributed by atoms with van der Waals surface area (Å²) in [5.74, 6) is -0.00963. The maximum absolute atomic E-state index is 12.1. The van der Waals surface area contributed by atoms with E-state index in [1.807, 2.05) is 44.2 Å². The minimum absolute atomic E-state index is 0.0473. The Balaban J connectivity index is 1.50. The molecule has 7 nitrogen and oxygen atoms in total. The van der Waals surface area contributed by atoms with Crippen molar-refractivity contribution in [2.75, 3.05) is 0 Å². The number of nitrogens with zero attached hydrogens (tertiary/aromatic N) is 2. The monoisotopic (exact) mass is 314 g/mol. The van der Waals surface area contributed by atoms with Gasteiger partial charge < -0.3 is 4.74 Å². The first kappa shape index (κ1) is 15.1. The molecule has 7 heteroatoms. The predicted molar refractivity (Wildman–Crippen MR) is 82.5 cm³/mol.